The van der Waals surface area contributed by atoms with E-state index in [9.17, 15) is 19.4 Å². The van der Waals surface area contributed by atoms with Crippen molar-refractivity contribution in [2.24, 2.45) is 0 Å². The highest BCUT2D eigenvalue weighted by atomic mass is 31.2. The Balaban J connectivity index is 3.90. The first-order valence-corrected chi connectivity index (χ1v) is 32.3. The molecule has 2 N–H and O–H groups in total. The summed E-state index contributed by atoms with van der Waals surface area (Å²) in [6.45, 7) is 4.64. The molecule has 0 saturated carbocycles. The first-order chi connectivity index (χ1) is 34.5. The van der Waals surface area contributed by atoms with Crippen LogP contribution >= 0.6 is 7.82 Å². The number of rotatable bonds is 57. The van der Waals surface area contributed by atoms with Crippen LogP contribution in [-0.4, -0.2) is 68.5 Å². The van der Waals surface area contributed by atoms with Crippen LogP contribution in [0.5, 0.6) is 0 Å². The van der Waals surface area contributed by atoms with Gasteiger partial charge in [-0.2, -0.15) is 0 Å². The lowest BCUT2D eigenvalue weighted by atomic mass is 10.0. The number of aliphatic hydroxyl groups excluding tert-OH is 1. The van der Waals surface area contributed by atoms with Gasteiger partial charge in [-0.05, 0) is 57.8 Å². The molecule has 0 aliphatic rings. The summed E-state index contributed by atoms with van der Waals surface area (Å²) in [6.07, 6.45) is 69.9. The van der Waals surface area contributed by atoms with Gasteiger partial charge >= 0.3 is 0 Å². The molecule has 0 saturated heterocycles. The molecular formula is C62H121N2O6P. The van der Waals surface area contributed by atoms with Crippen LogP contribution in [0.3, 0.4) is 0 Å². The van der Waals surface area contributed by atoms with Crippen LogP contribution < -0.4 is 10.2 Å². The summed E-state index contributed by atoms with van der Waals surface area (Å²) in [5.41, 5.74) is 0. The Morgan fingerprint density at radius 1 is 0.479 bits per heavy atom. The number of carbonyl (C=O) groups excluding carboxylic acids is 1. The zero-order valence-electron chi connectivity index (χ0n) is 47.9. The molecule has 0 aromatic rings. The van der Waals surface area contributed by atoms with E-state index in [-0.39, 0.29) is 12.5 Å². The molecule has 1 amide bonds. The molecule has 3 atom stereocenters. The molecule has 0 rings (SSSR count). The summed E-state index contributed by atoms with van der Waals surface area (Å²) in [5, 5.41) is 13.8. The minimum atomic E-state index is -4.60. The van der Waals surface area contributed by atoms with Gasteiger partial charge in [-0.3, -0.25) is 9.36 Å². The second kappa shape index (κ2) is 53.5. The van der Waals surface area contributed by atoms with Gasteiger partial charge in [-0.25, -0.2) is 0 Å². The number of hydrogen-bond donors (Lipinski definition) is 2. The number of allylic oxidation sites excluding steroid dienone is 5. The number of nitrogens with one attached hydrogen (secondary N) is 1. The zero-order valence-corrected chi connectivity index (χ0v) is 48.8. The number of nitrogens with zero attached hydrogens (tertiary/aromatic N) is 1. The van der Waals surface area contributed by atoms with Gasteiger partial charge in [0.2, 0.25) is 5.91 Å². The standard InChI is InChI=1S/C62H121N2O6P/c1-6-8-10-12-14-16-18-20-21-22-23-24-25-26-27-28-29-30-31-32-33-34-35-36-37-38-39-40-41-42-43-44-46-48-50-52-54-56-62(66)63-60(59-70-71(67,68)69-58-57-64(3,4)5)61(65)55-53-51-49-47-45-19-17-15-13-11-9-7-2/h30-31,45,47,53,55,60-61,65H,6-29,32-44,46,48-52,54,56-59H2,1-5H3,(H-,63,66,67,68)/b31-30-,47-45+,55-53+. The largest absolute Gasteiger partial charge is 0.756 e. The monoisotopic (exact) mass is 1020 g/mol. The van der Waals surface area contributed by atoms with Crippen LogP contribution in [-0.2, 0) is 18.4 Å². The lowest BCUT2D eigenvalue weighted by molar-refractivity contribution is -0.870. The Morgan fingerprint density at radius 3 is 1.14 bits per heavy atom. The number of likely N-dealkylation sites (N-methyl/N-ethyl adjacent to an activating group) is 1. The van der Waals surface area contributed by atoms with E-state index in [4.69, 9.17) is 9.05 Å². The second-order valence-electron chi connectivity index (χ2n) is 22.4. The number of unbranched alkanes of at least 4 members (excludes halogenated alkanes) is 40. The average molecular weight is 1020 g/mol. The van der Waals surface area contributed by atoms with Gasteiger partial charge in [-0.15, -0.1) is 0 Å². The number of hydrogen-bond acceptors (Lipinski definition) is 6. The van der Waals surface area contributed by atoms with Crippen molar-refractivity contribution in [2.75, 3.05) is 40.9 Å². The van der Waals surface area contributed by atoms with Crippen molar-refractivity contribution in [3.8, 4) is 0 Å². The van der Waals surface area contributed by atoms with Gasteiger partial charge in [0.25, 0.3) is 7.82 Å². The van der Waals surface area contributed by atoms with Crippen LogP contribution in [0.15, 0.2) is 36.5 Å². The van der Waals surface area contributed by atoms with E-state index in [1.165, 1.54) is 244 Å². The molecule has 8 nitrogen and oxygen atoms in total. The molecule has 0 heterocycles. The van der Waals surface area contributed by atoms with Crippen molar-refractivity contribution in [2.45, 2.75) is 315 Å². The highest BCUT2D eigenvalue weighted by Crippen LogP contribution is 2.38. The third kappa shape index (κ3) is 56.3. The summed E-state index contributed by atoms with van der Waals surface area (Å²) < 4.78 is 23.3. The molecule has 3 unspecified atom stereocenters. The lowest BCUT2D eigenvalue weighted by Crippen LogP contribution is -2.45. The first-order valence-electron chi connectivity index (χ1n) is 30.9. The molecule has 0 bridgehead atoms. The summed E-state index contributed by atoms with van der Waals surface area (Å²) in [6, 6.07) is -0.901. The lowest BCUT2D eigenvalue weighted by Gasteiger charge is -2.29. The van der Waals surface area contributed by atoms with Gasteiger partial charge < -0.3 is 28.8 Å². The topological polar surface area (TPSA) is 108 Å². The Kier molecular flexibility index (Phi) is 52.6. The smallest absolute Gasteiger partial charge is 0.268 e. The number of phosphoric ester groups is 1. The molecule has 0 aliphatic heterocycles. The average Bonchev–Trinajstić information content (AvgIpc) is 3.33. The van der Waals surface area contributed by atoms with E-state index in [0.717, 1.165) is 38.5 Å². The van der Waals surface area contributed by atoms with Crippen molar-refractivity contribution in [1.82, 2.24) is 5.32 Å². The third-order valence-electron chi connectivity index (χ3n) is 14.1. The maximum absolute atomic E-state index is 12.9. The van der Waals surface area contributed by atoms with E-state index < -0.39 is 26.6 Å². The normalized spacial score (nSPS) is 14.1. The van der Waals surface area contributed by atoms with E-state index in [1.54, 1.807) is 6.08 Å². The Hall–Kier alpha value is -1.28. The molecule has 71 heavy (non-hydrogen) atoms. The van der Waals surface area contributed by atoms with Crippen molar-refractivity contribution in [1.29, 1.82) is 0 Å². The van der Waals surface area contributed by atoms with Crippen molar-refractivity contribution < 1.29 is 32.9 Å². The fourth-order valence-corrected chi connectivity index (χ4v) is 9.95. The number of phosphoric acid groups is 1. The number of aliphatic hydroxyl groups is 1. The Bertz CT molecular complexity index is 1250. The van der Waals surface area contributed by atoms with Crippen molar-refractivity contribution in [3.05, 3.63) is 36.5 Å². The molecule has 0 radical (unpaired) electrons. The van der Waals surface area contributed by atoms with Gasteiger partial charge in [-0.1, -0.05) is 275 Å². The van der Waals surface area contributed by atoms with Crippen LogP contribution in [0.1, 0.15) is 303 Å². The van der Waals surface area contributed by atoms with E-state index in [2.05, 4.69) is 43.5 Å². The summed E-state index contributed by atoms with van der Waals surface area (Å²) in [7, 11) is 1.25. The Morgan fingerprint density at radius 2 is 0.789 bits per heavy atom. The molecule has 420 valence electrons. The molecule has 9 heteroatoms. The minimum Gasteiger partial charge on any atom is -0.756 e. The second-order valence-corrected chi connectivity index (χ2v) is 23.8. The molecule has 0 aromatic carbocycles. The fourth-order valence-electron chi connectivity index (χ4n) is 9.23. The maximum atomic E-state index is 12.9. The summed E-state index contributed by atoms with van der Waals surface area (Å²) >= 11 is 0. The van der Waals surface area contributed by atoms with Crippen LogP contribution in [0, 0.1) is 0 Å². The van der Waals surface area contributed by atoms with Crippen LogP contribution in [0.2, 0.25) is 0 Å². The van der Waals surface area contributed by atoms with Crippen LogP contribution in [0.4, 0.5) is 0 Å². The van der Waals surface area contributed by atoms with Crippen molar-refractivity contribution in [3.63, 3.8) is 0 Å². The van der Waals surface area contributed by atoms with E-state index in [1.807, 2.05) is 27.2 Å². The van der Waals surface area contributed by atoms with E-state index in [0.29, 0.717) is 17.4 Å². The zero-order chi connectivity index (χ0) is 52.0. The summed E-state index contributed by atoms with van der Waals surface area (Å²) in [4.78, 5) is 25.4. The summed E-state index contributed by atoms with van der Waals surface area (Å²) in [5.74, 6) is -0.204. The fraction of sp³-hybridized carbons (Fsp3) is 0.887. The van der Waals surface area contributed by atoms with Crippen LogP contribution in [0.25, 0.3) is 0 Å². The molecule has 0 aromatic heterocycles. The quantitative estimate of drug-likeness (QED) is 0.0272. The first kappa shape index (κ1) is 69.7. The van der Waals surface area contributed by atoms with Gasteiger partial charge in [0.05, 0.1) is 39.9 Å². The Labute approximate surface area is 442 Å². The molecule has 0 aliphatic carbocycles. The van der Waals surface area contributed by atoms with Gasteiger partial charge in [0.1, 0.15) is 13.2 Å². The number of quaternary nitrogens is 1. The highest BCUT2D eigenvalue weighted by Gasteiger charge is 2.23. The maximum Gasteiger partial charge on any atom is 0.268 e. The van der Waals surface area contributed by atoms with Gasteiger partial charge in [0.15, 0.2) is 0 Å². The molecule has 0 spiro atoms. The SMILES string of the molecule is CCCCCCCC/C=C/CC/C=C/C(O)C(COP(=O)([O-])OCC[N+](C)(C)C)NC(=O)CCCCCCCCCCCCCCCCCCC/C=C\CCCCCCCCCCCCCCCCCC. The van der Waals surface area contributed by atoms with E-state index >= 15 is 0 Å². The minimum absolute atomic E-state index is 0.00529. The molecule has 0 fully saturated rings. The van der Waals surface area contributed by atoms with Gasteiger partial charge in [0, 0.05) is 6.42 Å². The highest BCUT2D eigenvalue weighted by molar-refractivity contribution is 7.45. The predicted octanol–water partition coefficient (Wildman–Crippen LogP) is 18.3. The number of amides is 1. The number of carbonyl (C=O) groups is 1. The molecular weight excluding hydrogens is 900 g/mol. The predicted molar refractivity (Wildman–Crippen MR) is 307 cm³/mol. The van der Waals surface area contributed by atoms with Crippen molar-refractivity contribution >= 4 is 13.7 Å². The third-order valence-corrected chi connectivity index (χ3v) is 15.0.